The molecule has 2 aromatic rings. The van der Waals surface area contributed by atoms with Gasteiger partial charge in [0.05, 0.1) is 0 Å². The zero-order chi connectivity index (χ0) is 16.9. The minimum absolute atomic E-state index is 0.0813. The minimum Gasteiger partial charge on any atom is -0.282 e. The molecule has 2 aromatic carbocycles. The Morgan fingerprint density at radius 1 is 0.957 bits per heavy atom. The van der Waals surface area contributed by atoms with Crippen LogP contribution in [0.1, 0.15) is 51.5 Å². The molecule has 0 radical (unpaired) electrons. The lowest BCUT2D eigenvalue weighted by Gasteiger charge is -2.11. The molecule has 0 bridgehead atoms. The van der Waals surface area contributed by atoms with Gasteiger partial charge in [-0.3, -0.25) is 4.55 Å². The second-order valence-corrected chi connectivity index (χ2v) is 7.96. The van der Waals surface area contributed by atoms with Gasteiger partial charge >= 0.3 is 0 Å². The van der Waals surface area contributed by atoms with Crippen molar-refractivity contribution in [2.75, 3.05) is 0 Å². The number of fused-ring (bicyclic) bond motifs is 1. The monoisotopic (exact) mass is 334 g/mol. The Kier molecular flexibility index (Phi) is 6.19. The summed E-state index contributed by atoms with van der Waals surface area (Å²) in [4.78, 5) is 0.0813. The van der Waals surface area contributed by atoms with Gasteiger partial charge in [0.15, 0.2) is 0 Å². The SMILES string of the molecule is CC(C)CCCCCCc1ccc2ccccc2c1S(=O)(=O)O. The van der Waals surface area contributed by atoms with Gasteiger partial charge < -0.3 is 0 Å². The average molecular weight is 334 g/mol. The van der Waals surface area contributed by atoms with Crippen molar-refractivity contribution in [1.29, 1.82) is 0 Å². The lowest BCUT2D eigenvalue weighted by atomic mass is 10.0. The van der Waals surface area contributed by atoms with Crippen LogP contribution in [0.25, 0.3) is 10.8 Å². The molecule has 23 heavy (non-hydrogen) atoms. The van der Waals surface area contributed by atoms with Crippen LogP contribution >= 0.6 is 0 Å². The van der Waals surface area contributed by atoms with E-state index in [9.17, 15) is 13.0 Å². The molecule has 1 N–H and O–H groups in total. The molecule has 126 valence electrons. The normalized spacial score (nSPS) is 12.2. The molecular formula is C19H26O3S. The van der Waals surface area contributed by atoms with Crippen molar-refractivity contribution in [1.82, 2.24) is 0 Å². The molecule has 0 atom stereocenters. The average Bonchev–Trinajstić information content (AvgIpc) is 2.48. The van der Waals surface area contributed by atoms with Gasteiger partial charge in [0.2, 0.25) is 0 Å². The molecule has 0 aromatic heterocycles. The maximum atomic E-state index is 11.8. The Bertz CT molecular complexity index is 748. The van der Waals surface area contributed by atoms with Gasteiger partial charge in [0.25, 0.3) is 10.1 Å². The molecule has 2 rings (SSSR count). The summed E-state index contributed by atoms with van der Waals surface area (Å²) in [5, 5.41) is 1.44. The van der Waals surface area contributed by atoms with Gasteiger partial charge in [-0.15, -0.1) is 0 Å². The topological polar surface area (TPSA) is 54.4 Å². The molecule has 0 saturated heterocycles. The molecule has 0 fully saturated rings. The molecule has 0 aliphatic rings. The molecule has 0 unspecified atom stereocenters. The van der Waals surface area contributed by atoms with Crippen LogP contribution in [0.15, 0.2) is 41.3 Å². The Hall–Kier alpha value is -1.39. The molecule has 0 spiro atoms. The quantitative estimate of drug-likeness (QED) is 0.531. The summed E-state index contributed by atoms with van der Waals surface area (Å²) >= 11 is 0. The van der Waals surface area contributed by atoms with Crippen molar-refractivity contribution in [2.45, 2.75) is 57.3 Å². The standard InChI is InChI=1S/C19H26O3S/c1-15(2)9-5-3-4-6-11-17-14-13-16-10-7-8-12-18(16)19(17)23(20,21)22/h7-8,10,12-15H,3-6,9,11H2,1-2H3,(H,20,21,22). The van der Waals surface area contributed by atoms with E-state index in [0.717, 1.165) is 29.7 Å². The first-order valence-corrected chi connectivity index (χ1v) is 9.81. The van der Waals surface area contributed by atoms with E-state index in [1.807, 2.05) is 24.3 Å². The predicted molar refractivity (Wildman–Crippen MR) is 95.4 cm³/mol. The van der Waals surface area contributed by atoms with Gasteiger partial charge in [-0.25, -0.2) is 0 Å². The van der Waals surface area contributed by atoms with Crippen LogP contribution in [0.4, 0.5) is 0 Å². The summed E-state index contributed by atoms with van der Waals surface area (Å²) in [5.41, 5.74) is 0.718. The Labute approximate surface area is 139 Å². The maximum absolute atomic E-state index is 11.8. The Morgan fingerprint density at radius 2 is 1.65 bits per heavy atom. The fraction of sp³-hybridized carbons (Fsp3) is 0.474. The number of benzene rings is 2. The summed E-state index contributed by atoms with van der Waals surface area (Å²) < 4.78 is 33.3. The van der Waals surface area contributed by atoms with E-state index in [-0.39, 0.29) is 4.90 Å². The zero-order valence-electron chi connectivity index (χ0n) is 14.0. The van der Waals surface area contributed by atoms with Crippen LogP contribution in [0.3, 0.4) is 0 Å². The predicted octanol–water partition coefficient (Wildman–Crippen LogP) is 5.24. The third-order valence-electron chi connectivity index (χ3n) is 4.20. The highest BCUT2D eigenvalue weighted by atomic mass is 32.2. The summed E-state index contributed by atoms with van der Waals surface area (Å²) in [6.07, 6.45) is 6.35. The van der Waals surface area contributed by atoms with Crippen LogP contribution in [0.2, 0.25) is 0 Å². The lowest BCUT2D eigenvalue weighted by molar-refractivity contribution is 0.482. The molecule has 0 amide bonds. The van der Waals surface area contributed by atoms with Gasteiger partial charge in [-0.05, 0) is 29.7 Å². The van der Waals surface area contributed by atoms with Crippen molar-refractivity contribution in [2.24, 2.45) is 5.92 Å². The second-order valence-electron chi connectivity index (χ2n) is 6.60. The van der Waals surface area contributed by atoms with E-state index in [1.54, 1.807) is 12.1 Å². The van der Waals surface area contributed by atoms with E-state index in [0.29, 0.717) is 11.8 Å². The summed E-state index contributed by atoms with van der Waals surface area (Å²) in [6.45, 7) is 4.46. The molecule has 0 aliphatic heterocycles. The minimum atomic E-state index is -4.22. The lowest BCUT2D eigenvalue weighted by Crippen LogP contribution is -2.04. The van der Waals surface area contributed by atoms with E-state index < -0.39 is 10.1 Å². The van der Waals surface area contributed by atoms with Crippen LogP contribution in [0.5, 0.6) is 0 Å². The van der Waals surface area contributed by atoms with Crippen LogP contribution in [0, 0.1) is 5.92 Å². The first-order valence-electron chi connectivity index (χ1n) is 8.37. The summed E-state index contributed by atoms with van der Waals surface area (Å²) in [7, 11) is -4.22. The van der Waals surface area contributed by atoms with E-state index in [2.05, 4.69) is 13.8 Å². The fourth-order valence-corrected chi connectivity index (χ4v) is 3.98. The van der Waals surface area contributed by atoms with Crippen molar-refractivity contribution >= 4 is 20.9 Å². The fourth-order valence-electron chi connectivity index (χ4n) is 3.01. The van der Waals surface area contributed by atoms with Crippen LogP contribution < -0.4 is 0 Å². The number of rotatable bonds is 8. The van der Waals surface area contributed by atoms with Crippen molar-refractivity contribution < 1.29 is 13.0 Å². The third-order valence-corrected chi connectivity index (χ3v) is 5.19. The molecule has 4 heteroatoms. The molecule has 0 aliphatic carbocycles. The first kappa shape index (κ1) is 18.0. The van der Waals surface area contributed by atoms with E-state index in [1.165, 1.54) is 19.3 Å². The number of aryl methyl sites for hydroxylation is 1. The highest BCUT2D eigenvalue weighted by molar-refractivity contribution is 7.86. The number of hydrogen-bond donors (Lipinski definition) is 1. The molecule has 0 heterocycles. The van der Waals surface area contributed by atoms with Crippen molar-refractivity contribution in [3.8, 4) is 0 Å². The van der Waals surface area contributed by atoms with E-state index >= 15 is 0 Å². The zero-order valence-corrected chi connectivity index (χ0v) is 14.8. The maximum Gasteiger partial charge on any atom is 0.295 e. The third kappa shape index (κ3) is 5.05. The number of unbranched alkanes of at least 4 members (excludes halogenated alkanes) is 3. The number of hydrogen-bond acceptors (Lipinski definition) is 2. The highest BCUT2D eigenvalue weighted by Crippen LogP contribution is 2.28. The Morgan fingerprint density at radius 3 is 2.35 bits per heavy atom. The van der Waals surface area contributed by atoms with Crippen molar-refractivity contribution in [3.63, 3.8) is 0 Å². The second kappa shape index (κ2) is 7.93. The Balaban J connectivity index is 2.11. The van der Waals surface area contributed by atoms with Gasteiger partial charge in [0.1, 0.15) is 4.90 Å². The van der Waals surface area contributed by atoms with Crippen LogP contribution in [-0.2, 0) is 16.5 Å². The largest absolute Gasteiger partial charge is 0.295 e. The van der Waals surface area contributed by atoms with Gasteiger partial charge in [-0.1, -0.05) is 75.9 Å². The van der Waals surface area contributed by atoms with E-state index in [4.69, 9.17) is 0 Å². The smallest absolute Gasteiger partial charge is 0.282 e. The van der Waals surface area contributed by atoms with Crippen LogP contribution in [-0.4, -0.2) is 13.0 Å². The van der Waals surface area contributed by atoms with Gasteiger partial charge in [-0.2, -0.15) is 8.42 Å². The molecule has 3 nitrogen and oxygen atoms in total. The highest BCUT2D eigenvalue weighted by Gasteiger charge is 2.18. The first-order chi connectivity index (χ1) is 10.9. The van der Waals surface area contributed by atoms with Gasteiger partial charge in [0, 0.05) is 5.39 Å². The van der Waals surface area contributed by atoms with Crippen molar-refractivity contribution in [3.05, 3.63) is 42.0 Å². The molecular weight excluding hydrogens is 308 g/mol. The summed E-state index contributed by atoms with van der Waals surface area (Å²) in [5.74, 6) is 0.738. The molecule has 0 saturated carbocycles. The summed E-state index contributed by atoms with van der Waals surface area (Å²) in [6, 6.07) is 11.0.